The number of anilines is 1. The van der Waals surface area contributed by atoms with E-state index in [1.807, 2.05) is 0 Å². The first-order chi connectivity index (χ1) is 7.06. The minimum atomic E-state index is -1.66. The first-order valence-corrected chi connectivity index (χ1v) is 3.73. The molecule has 0 bridgehead atoms. The summed E-state index contributed by atoms with van der Waals surface area (Å²) in [7, 11) is 0. The van der Waals surface area contributed by atoms with Crippen LogP contribution in [-0.2, 0) is 0 Å². The Morgan fingerprint density at radius 2 is 1.87 bits per heavy atom. The molecule has 0 spiro atoms. The van der Waals surface area contributed by atoms with Crippen molar-refractivity contribution in [2.75, 3.05) is 4.90 Å². The second-order valence-electron chi connectivity index (χ2n) is 2.47. The van der Waals surface area contributed by atoms with Gasteiger partial charge in [-0.3, -0.25) is 4.79 Å². The van der Waals surface area contributed by atoms with Crippen LogP contribution < -0.4 is 4.90 Å². The number of aromatic nitrogens is 1. The summed E-state index contributed by atoms with van der Waals surface area (Å²) in [6, 6.07) is 2.40. The van der Waals surface area contributed by atoms with Crippen LogP contribution in [0.5, 0.6) is 0 Å². The third-order valence-corrected chi connectivity index (χ3v) is 1.52. The molecule has 2 N–H and O–H groups in total. The van der Waals surface area contributed by atoms with Crippen molar-refractivity contribution in [1.29, 1.82) is 0 Å². The number of aldehydes is 1. The number of carbonyl (C=O) groups is 3. The van der Waals surface area contributed by atoms with E-state index in [1.54, 1.807) is 0 Å². The fourth-order valence-corrected chi connectivity index (χ4v) is 0.877. The molecule has 1 aromatic heterocycles. The molecule has 2 amide bonds. The summed E-state index contributed by atoms with van der Waals surface area (Å²) in [4.78, 5) is 34.9. The van der Waals surface area contributed by atoms with Gasteiger partial charge in [0.05, 0.1) is 0 Å². The molecular weight excluding hydrogens is 204 g/mol. The Morgan fingerprint density at radius 1 is 1.27 bits per heavy atom. The van der Waals surface area contributed by atoms with E-state index in [4.69, 9.17) is 10.2 Å². The number of carboxylic acid groups (broad SMARTS) is 2. The topological polar surface area (TPSA) is 108 Å². The number of rotatable bonds is 2. The fourth-order valence-electron chi connectivity index (χ4n) is 0.877. The van der Waals surface area contributed by atoms with E-state index in [9.17, 15) is 14.4 Å². The highest BCUT2D eigenvalue weighted by atomic mass is 16.4. The van der Waals surface area contributed by atoms with Crippen LogP contribution in [0.15, 0.2) is 18.3 Å². The molecule has 7 heteroatoms. The maximum atomic E-state index is 10.5. The molecule has 0 saturated carbocycles. The van der Waals surface area contributed by atoms with Gasteiger partial charge in [-0.1, -0.05) is 0 Å². The number of hydrogen-bond acceptors (Lipinski definition) is 4. The van der Waals surface area contributed by atoms with E-state index >= 15 is 0 Å². The Kier molecular flexibility index (Phi) is 2.97. The maximum absolute atomic E-state index is 10.5. The smallest absolute Gasteiger partial charge is 0.422 e. The zero-order valence-corrected chi connectivity index (χ0v) is 7.32. The van der Waals surface area contributed by atoms with Crippen LogP contribution >= 0.6 is 0 Å². The normalized spacial score (nSPS) is 9.33. The first-order valence-electron chi connectivity index (χ1n) is 3.73. The summed E-state index contributed by atoms with van der Waals surface area (Å²) in [5.74, 6) is -0.277. The van der Waals surface area contributed by atoms with Gasteiger partial charge in [0.25, 0.3) is 0 Å². The summed E-state index contributed by atoms with van der Waals surface area (Å²) in [6.45, 7) is 0. The molecule has 0 aromatic carbocycles. The average molecular weight is 210 g/mol. The minimum Gasteiger partial charge on any atom is -0.464 e. The molecular formula is C8H6N2O5. The average Bonchev–Trinajstić information content (AvgIpc) is 2.18. The predicted octanol–water partition coefficient (Wildman–Crippen LogP) is 1.06. The van der Waals surface area contributed by atoms with Crippen LogP contribution in [0.2, 0.25) is 0 Å². The molecule has 1 aromatic rings. The highest BCUT2D eigenvalue weighted by molar-refractivity contribution is 6.06. The molecule has 0 aliphatic heterocycles. The van der Waals surface area contributed by atoms with E-state index in [2.05, 4.69) is 4.98 Å². The van der Waals surface area contributed by atoms with Crippen LogP contribution in [0.1, 0.15) is 10.4 Å². The third kappa shape index (κ3) is 2.27. The zero-order chi connectivity index (χ0) is 11.4. The second kappa shape index (κ2) is 4.18. The highest BCUT2D eigenvalue weighted by Gasteiger charge is 2.22. The molecule has 0 saturated heterocycles. The van der Waals surface area contributed by atoms with Crippen molar-refractivity contribution in [3.63, 3.8) is 0 Å². The monoisotopic (exact) mass is 210 g/mol. The van der Waals surface area contributed by atoms with Crippen molar-refractivity contribution in [2.45, 2.75) is 0 Å². The molecule has 15 heavy (non-hydrogen) atoms. The van der Waals surface area contributed by atoms with E-state index in [0.29, 0.717) is 6.29 Å². The van der Waals surface area contributed by atoms with Gasteiger partial charge < -0.3 is 10.2 Å². The number of amides is 2. The first kappa shape index (κ1) is 10.6. The van der Waals surface area contributed by atoms with Gasteiger partial charge in [0.1, 0.15) is 5.82 Å². The lowest BCUT2D eigenvalue weighted by atomic mass is 10.3. The Bertz CT molecular complexity index is 386. The highest BCUT2D eigenvalue weighted by Crippen LogP contribution is 2.11. The van der Waals surface area contributed by atoms with Crippen LogP contribution in [0.25, 0.3) is 0 Å². The molecule has 0 atom stereocenters. The summed E-state index contributed by atoms with van der Waals surface area (Å²) in [6.07, 6.45) is -1.72. The molecule has 0 fully saturated rings. The van der Waals surface area contributed by atoms with Gasteiger partial charge in [-0.05, 0) is 12.1 Å². The lowest BCUT2D eigenvalue weighted by molar-refractivity contribution is 0.112. The fraction of sp³-hybridized carbons (Fsp3) is 0. The van der Waals surface area contributed by atoms with E-state index in [1.165, 1.54) is 6.07 Å². The van der Waals surface area contributed by atoms with Crippen LogP contribution in [-0.4, -0.2) is 33.7 Å². The molecule has 78 valence electrons. The Labute approximate surface area is 83.6 Å². The summed E-state index contributed by atoms with van der Waals surface area (Å²) < 4.78 is 0. The van der Waals surface area contributed by atoms with Crippen molar-refractivity contribution in [1.82, 2.24) is 4.98 Å². The largest absolute Gasteiger partial charge is 0.464 e. The van der Waals surface area contributed by atoms with Crippen molar-refractivity contribution < 1.29 is 24.6 Å². The van der Waals surface area contributed by atoms with Gasteiger partial charge in [0.2, 0.25) is 0 Å². The number of carbonyl (C=O) groups excluding carboxylic acids is 1. The van der Waals surface area contributed by atoms with Crippen LogP contribution in [0, 0.1) is 0 Å². The van der Waals surface area contributed by atoms with E-state index < -0.39 is 12.2 Å². The minimum absolute atomic E-state index is 0.0502. The molecule has 0 radical (unpaired) electrons. The Hall–Kier alpha value is -2.44. The Morgan fingerprint density at radius 3 is 2.20 bits per heavy atom. The number of pyridine rings is 1. The van der Waals surface area contributed by atoms with Crippen LogP contribution in [0.3, 0.4) is 0 Å². The van der Waals surface area contributed by atoms with Crippen molar-refractivity contribution in [3.8, 4) is 0 Å². The summed E-state index contributed by atoms with van der Waals surface area (Å²) >= 11 is 0. The SMILES string of the molecule is O=Cc1ccc(N(C(=O)O)C(=O)O)nc1. The van der Waals surface area contributed by atoms with Crippen molar-refractivity contribution >= 4 is 24.3 Å². The lowest BCUT2D eigenvalue weighted by Crippen LogP contribution is -2.35. The third-order valence-electron chi connectivity index (χ3n) is 1.52. The van der Waals surface area contributed by atoms with Crippen molar-refractivity contribution in [2.24, 2.45) is 0 Å². The summed E-state index contributed by atoms with van der Waals surface area (Å²) in [5, 5.41) is 17.1. The molecule has 1 heterocycles. The van der Waals surface area contributed by atoms with Gasteiger partial charge in [-0.15, -0.1) is 0 Å². The van der Waals surface area contributed by atoms with Gasteiger partial charge in [0, 0.05) is 11.8 Å². The Balaban J connectivity index is 3.07. The van der Waals surface area contributed by atoms with Gasteiger partial charge in [0.15, 0.2) is 6.29 Å². The number of imide groups is 1. The molecule has 0 aliphatic rings. The number of nitrogens with zero attached hydrogens (tertiary/aromatic N) is 2. The van der Waals surface area contributed by atoms with Gasteiger partial charge in [-0.25, -0.2) is 14.6 Å². The quantitative estimate of drug-likeness (QED) is 0.706. The van der Waals surface area contributed by atoms with Gasteiger partial charge in [-0.2, -0.15) is 4.90 Å². The standard InChI is InChI=1S/C8H6N2O5/c11-4-5-1-2-6(9-3-5)10(7(12)13)8(14)15/h1-4H,(H,12,13)(H,14,15). The number of hydrogen-bond donors (Lipinski definition) is 2. The predicted molar refractivity (Wildman–Crippen MR) is 48.2 cm³/mol. The van der Waals surface area contributed by atoms with E-state index in [0.717, 1.165) is 12.3 Å². The lowest BCUT2D eigenvalue weighted by Gasteiger charge is -2.11. The second-order valence-corrected chi connectivity index (χ2v) is 2.47. The summed E-state index contributed by atoms with van der Waals surface area (Å²) in [5.41, 5.74) is 0.231. The molecule has 0 unspecified atom stereocenters. The maximum Gasteiger partial charge on any atom is 0.422 e. The van der Waals surface area contributed by atoms with Gasteiger partial charge >= 0.3 is 12.2 Å². The zero-order valence-electron chi connectivity index (χ0n) is 7.32. The molecule has 0 aliphatic carbocycles. The molecule has 1 rings (SSSR count). The molecule has 7 nitrogen and oxygen atoms in total. The van der Waals surface area contributed by atoms with Crippen LogP contribution in [0.4, 0.5) is 15.4 Å². The van der Waals surface area contributed by atoms with Crippen molar-refractivity contribution in [3.05, 3.63) is 23.9 Å². The van der Waals surface area contributed by atoms with E-state index in [-0.39, 0.29) is 16.3 Å².